The van der Waals surface area contributed by atoms with Crippen molar-refractivity contribution in [2.45, 2.75) is 4.90 Å². The smallest absolute Gasteiger partial charge is 0.226 e. The molecule has 1 rings (SSSR count). The number of hydrogen-bond acceptors (Lipinski definition) is 2. The molecular formula is C5H3ClFNS. The molecule has 0 N–H and O–H groups in total. The van der Waals surface area contributed by atoms with Crippen molar-refractivity contribution >= 4 is 24.2 Å². The highest BCUT2D eigenvalue weighted by Crippen LogP contribution is 2.14. The fourth-order valence-corrected chi connectivity index (χ4v) is 0.840. The van der Waals surface area contributed by atoms with E-state index in [1.165, 1.54) is 12.3 Å². The van der Waals surface area contributed by atoms with Crippen LogP contribution in [-0.2, 0) is 0 Å². The third-order valence-electron chi connectivity index (χ3n) is 0.782. The highest BCUT2D eigenvalue weighted by Gasteiger charge is 1.97. The number of aromatic nitrogens is 1. The minimum Gasteiger partial charge on any atom is -0.226 e. The maximum Gasteiger partial charge on any atom is 0.231 e. The van der Waals surface area contributed by atoms with Crippen LogP contribution in [0.25, 0.3) is 0 Å². The zero-order valence-corrected chi connectivity index (χ0v) is 5.96. The van der Waals surface area contributed by atoms with Crippen molar-refractivity contribution in [3.05, 3.63) is 23.2 Å². The predicted molar refractivity (Wildman–Crippen MR) is 36.5 cm³/mol. The average Bonchev–Trinajstić information content (AvgIpc) is 1.80. The molecule has 0 saturated heterocycles. The minimum absolute atomic E-state index is 0.00231. The van der Waals surface area contributed by atoms with E-state index in [1.807, 2.05) is 0 Å². The normalized spacial score (nSPS) is 9.67. The lowest BCUT2D eigenvalue weighted by Crippen LogP contribution is -1.81. The Bertz CT molecular complexity index is 228. The number of rotatable bonds is 0. The monoisotopic (exact) mass is 163 g/mol. The van der Waals surface area contributed by atoms with Gasteiger partial charge in [0.1, 0.15) is 0 Å². The third-order valence-corrected chi connectivity index (χ3v) is 1.29. The molecule has 1 heterocycles. The number of hydrogen-bond donors (Lipinski definition) is 1. The van der Waals surface area contributed by atoms with Crippen molar-refractivity contribution < 1.29 is 4.39 Å². The van der Waals surface area contributed by atoms with Gasteiger partial charge in [0.05, 0.1) is 5.02 Å². The van der Waals surface area contributed by atoms with E-state index in [0.29, 0.717) is 4.90 Å². The Balaban J connectivity index is 3.17. The highest BCUT2D eigenvalue weighted by atomic mass is 35.5. The van der Waals surface area contributed by atoms with Gasteiger partial charge in [-0.05, 0) is 6.07 Å². The SMILES string of the molecule is Fc1ncc(S)cc1Cl. The summed E-state index contributed by atoms with van der Waals surface area (Å²) < 4.78 is 12.2. The van der Waals surface area contributed by atoms with Crippen molar-refractivity contribution in [3.63, 3.8) is 0 Å². The molecule has 0 aromatic carbocycles. The Hall–Kier alpha value is -0.280. The van der Waals surface area contributed by atoms with Crippen LogP contribution in [0.15, 0.2) is 17.2 Å². The van der Waals surface area contributed by atoms with Crippen LogP contribution in [-0.4, -0.2) is 4.98 Å². The minimum atomic E-state index is -0.658. The standard InChI is InChI=1S/C5H3ClFNS/c6-4-1-3(9)2-8-5(4)7/h1-2,9H. The average molecular weight is 164 g/mol. The van der Waals surface area contributed by atoms with Crippen molar-refractivity contribution in [2.24, 2.45) is 0 Å². The first-order valence-corrected chi connectivity index (χ1v) is 3.02. The van der Waals surface area contributed by atoms with Gasteiger partial charge >= 0.3 is 0 Å². The van der Waals surface area contributed by atoms with Gasteiger partial charge in [0.15, 0.2) is 0 Å². The Morgan fingerprint density at radius 1 is 1.67 bits per heavy atom. The van der Waals surface area contributed by atoms with Gasteiger partial charge in [-0.1, -0.05) is 11.6 Å². The molecule has 48 valence electrons. The molecule has 1 nitrogen and oxygen atoms in total. The molecule has 0 atom stereocenters. The van der Waals surface area contributed by atoms with Gasteiger partial charge < -0.3 is 0 Å². The van der Waals surface area contributed by atoms with Crippen LogP contribution in [0.2, 0.25) is 5.02 Å². The summed E-state index contributed by atoms with van der Waals surface area (Å²) in [5.41, 5.74) is 0. The van der Waals surface area contributed by atoms with Crippen LogP contribution in [0.1, 0.15) is 0 Å². The summed E-state index contributed by atoms with van der Waals surface area (Å²) in [6.07, 6.45) is 1.30. The van der Waals surface area contributed by atoms with Crippen molar-refractivity contribution in [3.8, 4) is 0 Å². The quantitative estimate of drug-likeness (QED) is 0.457. The van der Waals surface area contributed by atoms with Gasteiger partial charge in [-0.25, -0.2) is 4.98 Å². The van der Waals surface area contributed by atoms with Crippen molar-refractivity contribution in [2.75, 3.05) is 0 Å². The van der Waals surface area contributed by atoms with Gasteiger partial charge in [-0.15, -0.1) is 12.6 Å². The first-order valence-electron chi connectivity index (χ1n) is 2.20. The van der Waals surface area contributed by atoms with Gasteiger partial charge in [0, 0.05) is 11.1 Å². The molecule has 0 radical (unpaired) electrons. The molecule has 0 aliphatic carbocycles. The van der Waals surface area contributed by atoms with Crippen LogP contribution in [0.4, 0.5) is 4.39 Å². The van der Waals surface area contributed by atoms with Gasteiger partial charge in [0.25, 0.3) is 0 Å². The lowest BCUT2D eigenvalue weighted by molar-refractivity contribution is 0.582. The summed E-state index contributed by atoms with van der Waals surface area (Å²) in [5, 5.41) is 0.00231. The second-order valence-electron chi connectivity index (χ2n) is 1.47. The number of pyridine rings is 1. The number of thiol groups is 1. The maximum atomic E-state index is 12.2. The molecule has 0 amide bonds. The van der Waals surface area contributed by atoms with Gasteiger partial charge in [-0.2, -0.15) is 4.39 Å². The first kappa shape index (κ1) is 6.83. The second kappa shape index (κ2) is 2.54. The van der Waals surface area contributed by atoms with Crippen LogP contribution in [0, 0.1) is 5.95 Å². The van der Waals surface area contributed by atoms with E-state index in [2.05, 4.69) is 17.6 Å². The van der Waals surface area contributed by atoms with Crippen LogP contribution < -0.4 is 0 Å². The maximum absolute atomic E-state index is 12.2. The zero-order valence-electron chi connectivity index (χ0n) is 4.31. The van der Waals surface area contributed by atoms with E-state index in [0.717, 1.165) is 0 Å². The molecule has 0 spiro atoms. The largest absolute Gasteiger partial charge is 0.231 e. The molecule has 0 aliphatic heterocycles. The molecular weight excluding hydrogens is 161 g/mol. The molecule has 0 aliphatic rings. The van der Waals surface area contributed by atoms with Crippen LogP contribution in [0.5, 0.6) is 0 Å². The number of nitrogens with zero attached hydrogens (tertiary/aromatic N) is 1. The Morgan fingerprint density at radius 3 is 2.78 bits per heavy atom. The van der Waals surface area contributed by atoms with Crippen LogP contribution >= 0.6 is 24.2 Å². The van der Waals surface area contributed by atoms with E-state index in [1.54, 1.807) is 0 Å². The Kier molecular flexibility index (Phi) is 1.93. The fraction of sp³-hybridized carbons (Fsp3) is 0. The topological polar surface area (TPSA) is 12.9 Å². The molecule has 1 aromatic rings. The van der Waals surface area contributed by atoms with Crippen LogP contribution in [0.3, 0.4) is 0 Å². The third kappa shape index (κ3) is 1.56. The number of halogens is 2. The molecule has 9 heavy (non-hydrogen) atoms. The highest BCUT2D eigenvalue weighted by molar-refractivity contribution is 7.80. The predicted octanol–water partition coefficient (Wildman–Crippen LogP) is 2.16. The molecule has 0 fully saturated rings. The fourth-order valence-electron chi connectivity index (χ4n) is 0.411. The lowest BCUT2D eigenvalue weighted by Gasteiger charge is -1.91. The van der Waals surface area contributed by atoms with E-state index < -0.39 is 5.95 Å². The van der Waals surface area contributed by atoms with Crippen molar-refractivity contribution in [1.29, 1.82) is 0 Å². The summed E-state index contributed by atoms with van der Waals surface area (Å²) in [5.74, 6) is -0.658. The van der Waals surface area contributed by atoms with E-state index in [-0.39, 0.29) is 5.02 Å². The Morgan fingerprint density at radius 2 is 2.33 bits per heavy atom. The van der Waals surface area contributed by atoms with Crippen molar-refractivity contribution in [1.82, 2.24) is 4.98 Å². The van der Waals surface area contributed by atoms with Gasteiger partial charge in [-0.3, -0.25) is 0 Å². The summed E-state index contributed by atoms with van der Waals surface area (Å²) in [7, 11) is 0. The summed E-state index contributed by atoms with van der Waals surface area (Å²) in [6, 6.07) is 1.40. The van der Waals surface area contributed by atoms with E-state index in [4.69, 9.17) is 11.6 Å². The molecule has 1 aromatic heterocycles. The second-order valence-corrected chi connectivity index (χ2v) is 2.39. The summed E-state index contributed by atoms with van der Waals surface area (Å²) >= 11 is 9.22. The summed E-state index contributed by atoms with van der Waals surface area (Å²) in [6.45, 7) is 0. The molecule has 0 saturated carbocycles. The Labute approximate surface area is 62.3 Å². The first-order chi connectivity index (χ1) is 4.20. The van der Waals surface area contributed by atoms with Gasteiger partial charge in [0.2, 0.25) is 5.95 Å². The summed E-state index contributed by atoms with van der Waals surface area (Å²) in [4.78, 5) is 3.86. The van der Waals surface area contributed by atoms with E-state index in [9.17, 15) is 4.39 Å². The zero-order chi connectivity index (χ0) is 6.85. The lowest BCUT2D eigenvalue weighted by atomic mass is 10.5. The molecule has 4 heteroatoms. The van der Waals surface area contributed by atoms with E-state index >= 15 is 0 Å². The molecule has 0 bridgehead atoms. The molecule has 0 unspecified atom stereocenters.